The second-order valence-corrected chi connectivity index (χ2v) is 4.65. The summed E-state index contributed by atoms with van der Waals surface area (Å²) >= 11 is 0. The largest absolute Gasteiger partial charge is 0.514 e. The molecule has 10 nitrogen and oxygen atoms in total. The molecule has 0 fully saturated rings. The van der Waals surface area contributed by atoms with E-state index in [1.165, 1.54) is 49.6 Å². The molecule has 0 aliphatic heterocycles. The van der Waals surface area contributed by atoms with Crippen molar-refractivity contribution in [2.75, 3.05) is 7.11 Å². The first-order chi connectivity index (χ1) is 11.9. The fourth-order valence-corrected chi connectivity index (χ4v) is 1.86. The molecule has 0 N–H and O–H groups in total. The highest BCUT2D eigenvalue weighted by Gasteiger charge is 2.14. The molecule has 2 rings (SSSR count). The predicted molar refractivity (Wildman–Crippen MR) is 83.6 cm³/mol. The molecule has 10 heteroatoms. The van der Waals surface area contributed by atoms with E-state index in [-0.39, 0.29) is 29.5 Å². The number of hydrogen-bond donors (Lipinski definition) is 0. The molecule has 25 heavy (non-hydrogen) atoms. The van der Waals surface area contributed by atoms with Crippen LogP contribution in [0.5, 0.6) is 11.5 Å². The van der Waals surface area contributed by atoms with Crippen LogP contribution in [0.3, 0.4) is 0 Å². The Bertz CT molecular complexity index is 804. The monoisotopic (exact) mass is 348 g/mol. The molecule has 0 aliphatic carbocycles. The van der Waals surface area contributed by atoms with Crippen LogP contribution in [0.15, 0.2) is 42.5 Å². The number of rotatable bonds is 6. The van der Waals surface area contributed by atoms with Crippen molar-refractivity contribution in [3.8, 4) is 11.5 Å². The second-order valence-electron chi connectivity index (χ2n) is 4.65. The number of nitro benzene ring substituents is 2. The molecule has 2 aromatic rings. The lowest BCUT2D eigenvalue weighted by molar-refractivity contribution is -0.385. The Morgan fingerprint density at radius 1 is 1.00 bits per heavy atom. The molecular weight excluding hydrogens is 336 g/mol. The molecule has 0 atom stereocenters. The lowest BCUT2D eigenvalue weighted by atomic mass is 10.2. The third-order valence-corrected chi connectivity index (χ3v) is 3.08. The average Bonchev–Trinajstić information content (AvgIpc) is 2.60. The quantitative estimate of drug-likeness (QED) is 0.336. The van der Waals surface area contributed by atoms with Crippen LogP contribution in [0.4, 0.5) is 16.2 Å². The predicted octanol–water partition coefficient (Wildman–Crippen LogP) is 3.23. The molecule has 0 amide bonds. The lowest BCUT2D eigenvalue weighted by Gasteiger charge is -2.09. The minimum atomic E-state index is -1.03. The Labute approximate surface area is 140 Å². The van der Waals surface area contributed by atoms with Gasteiger partial charge in [-0.25, -0.2) is 4.79 Å². The maximum Gasteiger partial charge on any atom is 0.514 e. The highest BCUT2D eigenvalue weighted by atomic mass is 16.7. The van der Waals surface area contributed by atoms with Crippen LogP contribution >= 0.6 is 0 Å². The number of hydrogen-bond acceptors (Lipinski definition) is 8. The molecule has 0 saturated heterocycles. The van der Waals surface area contributed by atoms with Crippen LogP contribution in [0, 0.1) is 20.2 Å². The van der Waals surface area contributed by atoms with E-state index in [0.29, 0.717) is 5.56 Å². The third kappa shape index (κ3) is 4.64. The summed E-state index contributed by atoms with van der Waals surface area (Å²) in [6, 6.07) is 8.74. The van der Waals surface area contributed by atoms with E-state index in [0.717, 1.165) is 0 Å². The number of carbonyl (C=O) groups is 1. The fourth-order valence-electron chi connectivity index (χ4n) is 1.86. The summed E-state index contributed by atoms with van der Waals surface area (Å²) < 4.78 is 14.8. The molecule has 0 radical (unpaired) electrons. The Hall–Kier alpha value is -3.69. The van der Waals surface area contributed by atoms with E-state index in [1.807, 2.05) is 0 Å². The first kappa shape index (κ1) is 17.7. The van der Waals surface area contributed by atoms with Crippen molar-refractivity contribution >= 4 is 17.5 Å². The van der Waals surface area contributed by atoms with E-state index in [4.69, 9.17) is 14.2 Å². The summed E-state index contributed by atoms with van der Waals surface area (Å²) in [5.41, 5.74) is 0.110. The van der Waals surface area contributed by atoms with Crippen molar-refractivity contribution in [2.24, 2.45) is 0 Å². The summed E-state index contributed by atoms with van der Waals surface area (Å²) in [6.45, 7) is -0.229. The van der Waals surface area contributed by atoms with Gasteiger partial charge in [0.25, 0.3) is 11.4 Å². The van der Waals surface area contributed by atoms with E-state index < -0.39 is 16.0 Å². The van der Waals surface area contributed by atoms with Crippen LogP contribution in [-0.4, -0.2) is 23.1 Å². The highest BCUT2D eigenvalue weighted by Crippen LogP contribution is 2.25. The molecule has 0 bridgehead atoms. The molecule has 0 aliphatic rings. The van der Waals surface area contributed by atoms with Gasteiger partial charge in [0.1, 0.15) is 18.1 Å². The third-order valence-electron chi connectivity index (χ3n) is 3.08. The number of benzene rings is 2. The second kappa shape index (κ2) is 7.73. The van der Waals surface area contributed by atoms with Gasteiger partial charge in [0.05, 0.1) is 23.0 Å². The summed E-state index contributed by atoms with van der Waals surface area (Å²) in [6.07, 6.45) is -1.03. The zero-order valence-electron chi connectivity index (χ0n) is 12.9. The van der Waals surface area contributed by atoms with Crippen molar-refractivity contribution in [2.45, 2.75) is 6.61 Å². The average molecular weight is 348 g/mol. The number of nitro groups is 2. The summed E-state index contributed by atoms with van der Waals surface area (Å²) in [5, 5.41) is 21.3. The molecule has 2 aromatic carbocycles. The van der Waals surface area contributed by atoms with Crippen molar-refractivity contribution < 1.29 is 28.9 Å². The number of carbonyl (C=O) groups excluding carboxylic acids is 1. The summed E-state index contributed by atoms with van der Waals surface area (Å²) in [5.74, 6) is 0.267. The van der Waals surface area contributed by atoms with Crippen LogP contribution < -0.4 is 9.47 Å². The number of nitrogens with zero attached hydrogens (tertiary/aromatic N) is 2. The molecule has 130 valence electrons. The lowest BCUT2D eigenvalue weighted by Crippen LogP contribution is -2.11. The van der Waals surface area contributed by atoms with Crippen molar-refractivity contribution in [3.05, 3.63) is 68.3 Å². The van der Waals surface area contributed by atoms with Crippen LogP contribution in [-0.2, 0) is 11.3 Å². The fraction of sp³-hybridized carbons (Fsp3) is 0.133. The normalized spacial score (nSPS) is 9.96. The van der Waals surface area contributed by atoms with E-state index in [2.05, 4.69) is 0 Å². The topological polar surface area (TPSA) is 131 Å². The highest BCUT2D eigenvalue weighted by molar-refractivity contribution is 5.64. The van der Waals surface area contributed by atoms with Gasteiger partial charge in [0, 0.05) is 23.8 Å². The van der Waals surface area contributed by atoms with Crippen LogP contribution in [0.25, 0.3) is 0 Å². The maximum absolute atomic E-state index is 11.7. The summed E-state index contributed by atoms with van der Waals surface area (Å²) in [4.78, 5) is 31.8. The van der Waals surface area contributed by atoms with Gasteiger partial charge in [-0.2, -0.15) is 0 Å². The van der Waals surface area contributed by atoms with Gasteiger partial charge in [-0.15, -0.1) is 0 Å². The van der Waals surface area contributed by atoms with Crippen LogP contribution in [0.1, 0.15) is 5.56 Å². The smallest absolute Gasteiger partial charge is 0.496 e. The Kier molecular flexibility index (Phi) is 5.46. The Morgan fingerprint density at radius 3 is 2.16 bits per heavy atom. The first-order valence-electron chi connectivity index (χ1n) is 6.81. The number of non-ortho nitro benzene ring substituents is 2. The van der Waals surface area contributed by atoms with Gasteiger partial charge in [-0.05, 0) is 18.2 Å². The Morgan fingerprint density at radius 2 is 1.60 bits per heavy atom. The molecule has 0 spiro atoms. The molecule has 0 saturated carbocycles. The molecular formula is C15H12N2O8. The molecule has 0 heterocycles. The minimum absolute atomic E-state index is 0.0752. The number of ether oxygens (including phenoxy) is 3. The zero-order chi connectivity index (χ0) is 18.4. The van der Waals surface area contributed by atoms with Gasteiger partial charge in [0.15, 0.2) is 0 Å². The first-order valence-corrected chi connectivity index (χ1v) is 6.81. The van der Waals surface area contributed by atoms with Gasteiger partial charge in [0.2, 0.25) is 0 Å². The van der Waals surface area contributed by atoms with Gasteiger partial charge < -0.3 is 14.2 Å². The molecule has 0 unspecified atom stereocenters. The zero-order valence-corrected chi connectivity index (χ0v) is 12.9. The van der Waals surface area contributed by atoms with E-state index in [9.17, 15) is 25.0 Å². The van der Waals surface area contributed by atoms with E-state index in [1.54, 1.807) is 0 Å². The summed E-state index contributed by atoms with van der Waals surface area (Å²) in [7, 11) is 1.33. The van der Waals surface area contributed by atoms with Crippen molar-refractivity contribution in [3.63, 3.8) is 0 Å². The van der Waals surface area contributed by atoms with E-state index >= 15 is 0 Å². The minimum Gasteiger partial charge on any atom is -0.496 e. The van der Waals surface area contributed by atoms with Crippen molar-refractivity contribution in [1.82, 2.24) is 0 Å². The number of methoxy groups -OCH3 is 1. The standard InChI is InChI=1S/C15H12N2O8/c1-23-14-8-12(17(21)22)3-2-10(14)9-24-15(18)25-13-6-4-11(5-7-13)16(19)20/h2-8H,9H2,1H3. The maximum atomic E-state index is 11.7. The van der Waals surface area contributed by atoms with Crippen LogP contribution in [0.2, 0.25) is 0 Å². The van der Waals surface area contributed by atoms with Crippen molar-refractivity contribution in [1.29, 1.82) is 0 Å². The molecule has 0 aromatic heterocycles. The van der Waals surface area contributed by atoms with Gasteiger partial charge in [-0.1, -0.05) is 0 Å². The van der Waals surface area contributed by atoms with Gasteiger partial charge in [-0.3, -0.25) is 20.2 Å². The Balaban J connectivity index is 1.97. The van der Waals surface area contributed by atoms with Gasteiger partial charge >= 0.3 is 6.16 Å². The SMILES string of the molecule is COc1cc([N+](=O)[O-])ccc1COC(=O)Oc1ccc([N+](=O)[O-])cc1.